The summed E-state index contributed by atoms with van der Waals surface area (Å²) in [7, 11) is 1.43. The lowest BCUT2D eigenvalue weighted by Gasteiger charge is -2.13. The van der Waals surface area contributed by atoms with Gasteiger partial charge in [0.2, 0.25) is 0 Å². The van der Waals surface area contributed by atoms with E-state index in [-0.39, 0.29) is 22.9 Å². The maximum atomic E-state index is 15.1. The molecule has 182 valence electrons. The molecule has 0 fully saturated rings. The molecule has 0 amide bonds. The minimum atomic E-state index is -0.547. The highest BCUT2D eigenvalue weighted by Crippen LogP contribution is 2.38. The number of benzene rings is 3. The fraction of sp³-hybridized carbons (Fsp3) is 0.0385. The zero-order chi connectivity index (χ0) is 25.4. The van der Waals surface area contributed by atoms with Crippen LogP contribution < -0.4 is 10.5 Å². The predicted octanol–water partition coefficient (Wildman–Crippen LogP) is 8.40. The molecule has 10 heteroatoms. The number of imidazole rings is 1. The van der Waals surface area contributed by atoms with Gasteiger partial charge in [0, 0.05) is 58.0 Å². The van der Waals surface area contributed by atoms with Gasteiger partial charge in [-0.2, -0.15) is 0 Å². The molecule has 5 aromatic rings. The van der Waals surface area contributed by atoms with E-state index in [0.717, 1.165) is 15.4 Å². The van der Waals surface area contributed by atoms with Crippen LogP contribution in [-0.4, -0.2) is 13.9 Å². The van der Waals surface area contributed by atoms with Crippen molar-refractivity contribution in [3.05, 3.63) is 106 Å². The predicted molar refractivity (Wildman–Crippen MR) is 153 cm³/mol. The van der Waals surface area contributed by atoms with Crippen molar-refractivity contribution in [1.29, 1.82) is 0 Å². The van der Waals surface area contributed by atoms with Gasteiger partial charge in [0.25, 0.3) is 0 Å². The Balaban J connectivity index is 1.49. The van der Waals surface area contributed by atoms with E-state index >= 15 is 4.39 Å². The second kappa shape index (κ2) is 10.4. The molecule has 0 saturated carbocycles. The summed E-state index contributed by atoms with van der Waals surface area (Å²) in [6, 6.07) is 14.6. The molecule has 0 aliphatic rings. The van der Waals surface area contributed by atoms with E-state index in [4.69, 9.17) is 10.5 Å². The van der Waals surface area contributed by atoms with Gasteiger partial charge in [-0.25, -0.2) is 13.8 Å². The Morgan fingerprint density at radius 2 is 2.00 bits per heavy atom. The van der Waals surface area contributed by atoms with Gasteiger partial charge in [-0.3, -0.25) is 3.97 Å². The van der Waals surface area contributed by atoms with Gasteiger partial charge in [0.05, 0.1) is 29.0 Å². The van der Waals surface area contributed by atoms with Crippen molar-refractivity contribution in [1.82, 2.24) is 13.9 Å². The van der Waals surface area contributed by atoms with Gasteiger partial charge in [0.1, 0.15) is 17.4 Å². The van der Waals surface area contributed by atoms with Crippen molar-refractivity contribution < 1.29 is 13.5 Å². The third-order valence-electron chi connectivity index (χ3n) is 5.73. The number of aromatic amines is 1. The zero-order valence-corrected chi connectivity index (χ0v) is 23.1. The third kappa shape index (κ3) is 4.70. The lowest BCUT2D eigenvalue weighted by molar-refractivity contribution is 0.441. The van der Waals surface area contributed by atoms with Crippen molar-refractivity contribution in [2.24, 2.45) is 5.73 Å². The largest absolute Gasteiger partial charge is 0.454 e. The van der Waals surface area contributed by atoms with Crippen LogP contribution in [0.2, 0.25) is 0 Å². The molecular weight excluding hydrogens is 661 g/mol. The van der Waals surface area contributed by atoms with E-state index in [1.807, 2.05) is 40.5 Å². The molecule has 1 atom stereocenters. The number of hydrogen-bond donors (Lipinski definition) is 2. The van der Waals surface area contributed by atoms with Crippen molar-refractivity contribution in [2.45, 2.75) is 6.04 Å². The van der Waals surface area contributed by atoms with Crippen molar-refractivity contribution in [2.75, 3.05) is 0 Å². The molecule has 5 rings (SSSR count). The summed E-state index contributed by atoms with van der Waals surface area (Å²) >= 11 is 5.57. The van der Waals surface area contributed by atoms with Crippen LogP contribution >= 0.6 is 46.3 Å². The summed E-state index contributed by atoms with van der Waals surface area (Å²) in [6.45, 7) is 3.83. The highest BCUT2D eigenvalue weighted by Gasteiger charge is 2.19. The molecule has 0 saturated heterocycles. The number of nitrogens with one attached hydrogen (secondary N) is 1. The Kier molecular flexibility index (Phi) is 7.20. The van der Waals surface area contributed by atoms with Crippen molar-refractivity contribution >= 4 is 63.2 Å². The standard InChI is InChI=1S/C26H18BrF2IN4OS/c1-2-17-18-8-9-34(36-30)23(18)12-21(29)25(17)35-16-6-7-20(28)19(11-16)26-32-13-22(33-26)24(31)14-4-3-5-15(27)10-14/h2-13,24H,1,31H2,(H,32,33). The van der Waals surface area contributed by atoms with Gasteiger partial charge in [-0.15, -0.1) is 0 Å². The smallest absolute Gasteiger partial charge is 0.170 e. The minimum Gasteiger partial charge on any atom is -0.454 e. The number of fused-ring (bicyclic) bond motifs is 1. The number of ether oxygens (including phenoxy) is 1. The van der Waals surface area contributed by atoms with E-state index in [2.05, 4.69) is 53.7 Å². The van der Waals surface area contributed by atoms with Gasteiger partial charge in [0.15, 0.2) is 11.6 Å². The normalized spacial score (nSPS) is 12.1. The van der Waals surface area contributed by atoms with Crippen LogP contribution in [0, 0.1) is 11.6 Å². The molecule has 36 heavy (non-hydrogen) atoms. The number of nitrogens with zero attached hydrogens (tertiary/aromatic N) is 2. The number of aromatic nitrogens is 3. The first-order valence-electron chi connectivity index (χ1n) is 10.7. The van der Waals surface area contributed by atoms with Crippen LogP contribution in [0.1, 0.15) is 22.9 Å². The zero-order valence-electron chi connectivity index (χ0n) is 18.5. The van der Waals surface area contributed by atoms with E-state index in [1.54, 1.807) is 12.3 Å². The van der Waals surface area contributed by atoms with Crippen molar-refractivity contribution in [3.63, 3.8) is 0 Å². The summed E-state index contributed by atoms with van der Waals surface area (Å²) < 4.78 is 38.6. The molecule has 0 spiro atoms. The fourth-order valence-corrected chi connectivity index (χ4v) is 5.76. The van der Waals surface area contributed by atoms with Crippen LogP contribution in [0.4, 0.5) is 8.78 Å². The first kappa shape index (κ1) is 25.0. The average molecular weight is 679 g/mol. The Labute approximate surface area is 230 Å². The molecule has 0 aliphatic heterocycles. The summed E-state index contributed by atoms with van der Waals surface area (Å²) in [5.74, 6) is -0.494. The first-order valence-corrected chi connectivity index (χ1v) is 14.8. The molecule has 0 bridgehead atoms. The molecule has 2 aromatic heterocycles. The highest BCUT2D eigenvalue weighted by molar-refractivity contribution is 14.2. The quantitative estimate of drug-likeness (QED) is 0.170. The summed E-state index contributed by atoms with van der Waals surface area (Å²) in [5, 5.41) is 0.796. The molecule has 3 aromatic carbocycles. The number of nitrogens with two attached hydrogens (primary N) is 1. The molecule has 0 aliphatic carbocycles. The first-order chi connectivity index (χ1) is 17.4. The van der Waals surface area contributed by atoms with Crippen LogP contribution in [0.5, 0.6) is 11.5 Å². The minimum absolute atomic E-state index is 0.0167. The summed E-state index contributed by atoms with van der Waals surface area (Å²) in [6.07, 6.45) is 4.98. The fourth-order valence-electron chi connectivity index (χ4n) is 3.98. The van der Waals surface area contributed by atoms with E-state index in [0.29, 0.717) is 16.8 Å². The average Bonchev–Trinajstić information content (AvgIpc) is 3.52. The van der Waals surface area contributed by atoms with Gasteiger partial charge < -0.3 is 15.5 Å². The molecular formula is C26H18BrF2IN4OS. The highest BCUT2D eigenvalue weighted by atomic mass is 127. The van der Waals surface area contributed by atoms with Crippen molar-refractivity contribution in [3.8, 4) is 22.9 Å². The SMILES string of the molecule is C=Cc1c(Oc2ccc(F)c(-c3ncc(C(N)c4cccc(Br)c4)[nH]3)c2)c(F)cc2c1ccn2SI. The van der Waals surface area contributed by atoms with Gasteiger partial charge >= 0.3 is 0 Å². The lowest BCUT2D eigenvalue weighted by Crippen LogP contribution is -2.12. The molecule has 5 nitrogen and oxygen atoms in total. The Hall–Kier alpha value is -2.67. The molecule has 2 heterocycles. The molecule has 0 radical (unpaired) electrons. The van der Waals surface area contributed by atoms with Crippen LogP contribution in [0.25, 0.3) is 28.4 Å². The number of rotatable bonds is 7. The lowest BCUT2D eigenvalue weighted by atomic mass is 10.1. The second-order valence-corrected chi connectivity index (χ2v) is 10.5. The van der Waals surface area contributed by atoms with Gasteiger partial charge in [-0.1, -0.05) is 40.7 Å². The maximum absolute atomic E-state index is 15.1. The maximum Gasteiger partial charge on any atom is 0.170 e. The van der Waals surface area contributed by atoms with E-state index < -0.39 is 17.7 Å². The summed E-state index contributed by atoms with van der Waals surface area (Å²) in [4.78, 5) is 7.43. The number of H-pyrrole nitrogens is 1. The third-order valence-corrected chi connectivity index (χ3v) is 7.97. The summed E-state index contributed by atoms with van der Waals surface area (Å²) in [5.41, 5.74) is 9.28. The monoisotopic (exact) mass is 678 g/mol. The molecule has 1 unspecified atom stereocenters. The Morgan fingerprint density at radius 3 is 2.75 bits per heavy atom. The van der Waals surface area contributed by atoms with Gasteiger partial charge in [-0.05, 0) is 42.0 Å². The second-order valence-electron chi connectivity index (χ2n) is 7.91. The van der Waals surface area contributed by atoms with Crippen LogP contribution in [0.15, 0.2) is 78.0 Å². The molecule has 3 N–H and O–H groups in total. The topological polar surface area (TPSA) is 68.9 Å². The van der Waals surface area contributed by atoms with Crippen LogP contribution in [-0.2, 0) is 0 Å². The number of hydrogen-bond acceptors (Lipinski definition) is 4. The Bertz CT molecular complexity index is 1600. The van der Waals surface area contributed by atoms with E-state index in [1.165, 1.54) is 33.4 Å². The number of halogens is 4. The Morgan fingerprint density at radius 1 is 1.17 bits per heavy atom. The van der Waals surface area contributed by atoms with E-state index in [9.17, 15) is 4.39 Å². The van der Waals surface area contributed by atoms with Crippen LogP contribution in [0.3, 0.4) is 0 Å².